The zero-order valence-electron chi connectivity index (χ0n) is 57.3. The fourth-order valence-corrected chi connectivity index (χ4v) is 10.8. The van der Waals surface area contributed by atoms with Crippen LogP contribution in [0.5, 0.6) is 0 Å². The molecule has 0 saturated heterocycles. The average Bonchev–Trinajstić information content (AvgIpc) is 3.38. The monoisotopic (exact) mass is 1210 g/mol. The highest BCUT2D eigenvalue weighted by atomic mass is 35.5. The molecule has 0 amide bonds. The van der Waals surface area contributed by atoms with Crippen LogP contribution in [-0.2, 0) is 6.54 Å². The number of rotatable bonds is 52. The predicted octanol–water partition coefficient (Wildman–Crippen LogP) is 10.2. The molecule has 1 aromatic carbocycles. The van der Waals surface area contributed by atoms with Crippen LogP contribution < -0.4 is 49.6 Å². The Kier molecular flexibility index (Phi) is 81.6. The first-order chi connectivity index (χ1) is 36.5. The first-order valence-electron chi connectivity index (χ1n) is 34.4. The summed E-state index contributed by atoms with van der Waals surface area (Å²) < 4.78 is 4.68. The fraction of sp³-hybridized carbons (Fsp3) is 0.889. The molecule has 0 spiro atoms. The molecule has 0 saturated carbocycles. The Hall–Kier alpha value is -0.0400. The van der Waals surface area contributed by atoms with Crippen LogP contribution in [0.2, 0.25) is 0 Å². The first kappa shape index (κ1) is 93.7. The highest BCUT2D eigenvalue weighted by Crippen LogP contribution is 2.16. The molecule has 0 heterocycles. The van der Waals surface area contributed by atoms with E-state index in [-0.39, 0.29) is 49.6 Å². The van der Waals surface area contributed by atoms with Gasteiger partial charge in [0.05, 0.1) is 102 Å². The summed E-state index contributed by atoms with van der Waals surface area (Å²) in [5.41, 5.74) is 1.38. The van der Waals surface area contributed by atoms with E-state index in [1.165, 1.54) is 328 Å². The third-order valence-electron chi connectivity index (χ3n) is 16.3. The molecular formula is C72H150Cl4N4. The second-order valence-electron chi connectivity index (χ2n) is 26.9. The highest BCUT2D eigenvalue weighted by molar-refractivity contribution is 5.13. The van der Waals surface area contributed by atoms with E-state index in [0.29, 0.717) is 0 Å². The van der Waals surface area contributed by atoms with Crippen LogP contribution in [0.25, 0.3) is 0 Å². The number of likely N-dealkylation sites (N-methyl/N-ethyl adjacent to an activating group) is 1. The van der Waals surface area contributed by atoms with E-state index in [1.54, 1.807) is 0 Å². The van der Waals surface area contributed by atoms with E-state index in [2.05, 4.69) is 135 Å². The van der Waals surface area contributed by atoms with E-state index in [9.17, 15) is 0 Å². The standard InChI is InChI=1S/C22H48N.C20H44N.C18H40N.C12H18N.4ClH/c1-5-7-9-11-13-15-17-19-21-23(3,4)22-20-18-16-14-12-10-8-6-2;1-5-7-9-11-13-14-16-18-20-21(3,4)19-17-15-12-10-8-6-2;1-5-7-9-11-13-15-17-19(3,4)18-16-14-12-10-8-6-2;1-4-10-13(2,3)11-12-8-6-5-7-9-12;;;;/h5-22H2,1-4H3;5-20H2,1-4H3;5-18H2,1-4H3;4-9H,1,10-11H2,2-3H3;4*1H/q4*+1;;;;/p-4. The molecule has 0 aliphatic heterocycles. The second kappa shape index (κ2) is 69.7. The molecule has 0 atom stereocenters. The normalized spacial score (nSPS) is 11.3. The van der Waals surface area contributed by atoms with Gasteiger partial charge in [-0.25, -0.2) is 0 Å². The van der Waals surface area contributed by atoms with Gasteiger partial charge in [0.15, 0.2) is 0 Å². The van der Waals surface area contributed by atoms with Gasteiger partial charge in [0, 0.05) is 5.56 Å². The van der Waals surface area contributed by atoms with Crippen LogP contribution in [0, 0.1) is 0 Å². The number of nitrogens with zero attached hydrogens (tertiary/aromatic N) is 4. The molecule has 4 nitrogen and oxygen atoms in total. The van der Waals surface area contributed by atoms with Crippen LogP contribution in [0.4, 0.5) is 0 Å². The fourth-order valence-electron chi connectivity index (χ4n) is 10.8. The van der Waals surface area contributed by atoms with Gasteiger partial charge in [-0.3, -0.25) is 0 Å². The van der Waals surface area contributed by atoms with Crippen LogP contribution in [-0.4, -0.2) is 120 Å². The summed E-state index contributed by atoms with van der Waals surface area (Å²) in [5.74, 6) is 0. The molecule has 0 unspecified atom stereocenters. The van der Waals surface area contributed by atoms with Crippen LogP contribution in [0.15, 0.2) is 43.0 Å². The number of hydrogen-bond donors (Lipinski definition) is 0. The Labute approximate surface area is 532 Å². The lowest BCUT2D eigenvalue weighted by Gasteiger charge is -2.30. The van der Waals surface area contributed by atoms with Crippen molar-refractivity contribution < 1.29 is 67.6 Å². The van der Waals surface area contributed by atoms with Crippen LogP contribution in [0.1, 0.15) is 317 Å². The quantitative estimate of drug-likeness (QED) is 0.0347. The topological polar surface area (TPSA) is 0 Å². The van der Waals surface area contributed by atoms with E-state index < -0.39 is 0 Å². The number of benzene rings is 1. The third kappa shape index (κ3) is 78.0. The minimum absolute atomic E-state index is 0. The lowest BCUT2D eigenvalue weighted by molar-refractivity contribution is -0.897. The van der Waals surface area contributed by atoms with Gasteiger partial charge in [0.2, 0.25) is 0 Å². The summed E-state index contributed by atoms with van der Waals surface area (Å²) in [6.45, 7) is 27.9. The molecule has 0 bridgehead atoms. The first-order valence-corrected chi connectivity index (χ1v) is 34.4. The number of quaternary nitrogens is 4. The van der Waals surface area contributed by atoms with Crippen molar-refractivity contribution in [1.29, 1.82) is 0 Å². The highest BCUT2D eigenvalue weighted by Gasteiger charge is 2.16. The molecule has 1 aromatic rings. The Balaban J connectivity index is -0.000000177. The van der Waals surface area contributed by atoms with Crippen LogP contribution >= 0.6 is 0 Å². The largest absolute Gasteiger partial charge is 1.00 e. The molecule has 80 heavy (non-hydrogen) atoms. The summed E-state index contributed by atoms with van der Waals surface area (Å²) in [6, 6.07) is 10.6. The smallest absolute Gasteiger partial charge is 0.104 e. The minimum atomic E-state index is 0. The molecule has 1 rings (SSSR count). The summed E-state index contributed by atoms with van der Waals surface area (Å²) >= 11 is 0. The number of halogens is 4. The van der Waals surface area contributed by atoms with Crippen molar-refractivity contribution in [2.45, 2.75) is 318 Å². The summed E-state index contributed by atoms with van der Waals surface area (Å²) in [6.07, 6.45) is 62.2. The zero-order chi connectivity index (χ0) is 57.2. The predicted molar refractivity (Wildman–Crippen MR) is 351 cm³/mol. The summed E-state index contributed by atoms with van der Waals surface area (Å²) in [4.78, 5) is 0. The Bertz CT molecular complexity index is 1220. The molecule has 0 radical (unpaired) electrons. The number of hydrogen-bond acceptors (Lipinski definition) is 0. The Morgan fingerprint density at radius 3 is 0.613 bits per heavy atom. The molecule has 8 heteroatoms. The molecule has 0 aliphatic carbocycles. The molecule has 0 aliphatic rings. The molecule has 0 N–H and O–H groups in total. The molecule has 0 fully saturated rings. The van der Waals surface area contributed by atoms with Crippen molar-refractivity contribution in [2.24, 2.45) is 0 Å². The molecular weight excluding hydrogens is 1060 g/mol. The third-order valence-corrected chi connectivity index (χ3v) is 16.3. The average molecular weight is 1210 g/mol. The maximum absolute atomic E-state index is 3.77. The second-order valence-corrected chi connectivity index (χ2v) is 26.9. The zero-order valence-corrected chi connectivity index (χ0v) is 60.4. The van der Waals surface area contributed by atoms with Crippen molar-refractivity contribution in [3.8, 4) is 0 Å². The van der Waals surface area contributed by atoms with Crippen molar-refractivity contribution in [2.75, 3.05) is 102 Å². The minimum Gasteiger partial charge on any atom is -1.00 e. The Morgan fingerprint density at radius 1 is 0.263 bits per heavy atom. The van der Waals surface area contributed by atoms with Gasteiger partial charge in [-0.15, -0.1) is 0 Å². The maximum atomic E-state index is 3.77. The number of unbranched alkanes of at least 4 members (excludes halogenated alkanes) is 36. The van der Waals surface area contributed by atoms with Gasteiger partial charge in [-0.1, -0.05) is 271 Å². The van der Waals surface area contributed by atoms with Gasteiger partial charge in [-0.2, -0.15) is 0 Å². The molecule has 486 valence electrons. The van der Waals surface area contributed by atoms with Gasteiger partial charge >= 0.3 is 0 Å². The lowest BCUT2D eigenvalue weighted by atomic mass is 10.1. The van der Waals surface area contributed by atoms with Gasteiger partial charge in [-0.05, 0) is 83.1 Å². The van der Waals surface area contributed by atoms with Crippen molar-refractivity contribution in [3.63, 3.8) is 0 Å². The van der Waals surface area contributed by atoms with Gasteiger partial charge in [0.1, 0.15) is 6.54 Å². The van der Waals surface area contributed by atoms with E-state index in [4.69, 9.17) is 0 Å². The van der Waals surface area contributed by atoms with Crippen LogP contribution in [0.3, 0.4) is 0 Å². The van der Waals surface area contributed by atoms with E-state index in [1.807, 2.05) is 6.08 Å². The lowest BCUT2D eigenvalue weighted by Crippen LogP contribution is -3.00. The van der Waals surface area contributed by atoms with E-state index in [0.717, 1.165) is 17.6 Å². The van der Waals surface area contributed by atoms with E-state index >= 15 is 0 Å². The maximum Gasteiger partial charge on any atom is 0.104 e. The summed E-state index contributed by atoms with van der Waals surface area (Å²) in [5, 5.41) is 0. The van der Waals surface area contributed by atoms with Gasteiger partial charge < -0.3 is 67.6 Å². The van der Waals surface area contributed by atoms with Gasteiger partial charge in [0.25, 0.3) is 0 Å². The van der Waals surface area contributed by atoms with Crippen molar-refractivity contribution in [3.05, 3.63) is 48.6 Å². The summed E-state index contributed by atoms with van der Waals surface area (Å²) in [7, 11) is 19.0. The Morgan fingerprint density at radius 2 is 0.438 bits per heavy atom. The molecule has 0 aromatic heterocycles. The van der Waals surface area contributed by atoms with Crippen molar-refractivity contribution >= 4 is 0 Å². The van der Waals surface area contributed by atoms with Crippen molar-refractivity contribution in [1.82, 2.24) is 0 Å². The SMILES string of the molecule is C=CC[N+](C)(C)Cc1ccccc1.CCCCCCCCCC[N+](C)(C)CCCCCCCC.CCCCCCCCCC[N+](C)(C)CCCCCCCCCC.CCCCCCCC[N+](C)(C)CCCCCCCC.[Cl-].[Cl-].[Cl-].[Cl-].